The van der Waals surface area contributed by atoms with Crippen molar-refractivity contribution in [3.63, 3.8) is 0 Å². The monoisotopic (exact) mass is 400 g/mol. The number of fused-ring (bicyclic) bond motifs is 1. The van der Waals surface area contributed by atoms with Crippen molar-refractivity contribution in [3.8, 4) is 22.6 Å². The Morgan fingerprint density at radius 3 is 2.60 bits per heavy atom. The third-order valence-corrected chi connectivity index (χ3v) is 6.43. The Hall–Kier alpha value is -3.11. The zero-order valence-electron chi connectivity index (χ0n) is 17.0. The van der Waals surface area contributed by atoms with Crippen molar-refractivity contribution in [1.29, 1.82) is 0 Å². The second kappa shape index (κ2) is 7.29. The Bertz CT molecular complexity index is 1130. The summed E-state index contributed by atoms with van der Waals surface area (Å²) in [7, 11) is 0. The van der Waals surface area contributed by atoms with Gasteiger partial charge in [-0.3, -0.25) is 4.79 Å². The van der Waals surface area contributed by atoms with E-state index in [0.717, 1.165) is 57.7 Å². The summed E-state index contributed by atoms with van der Waals surface area (Å²) >= 11 is 0. The molecule has 1 fully saturated rings. The van der Waals surface area contributed by atoms with Gasteiger partial charge in [-0.25, -0.2) is 0 Å². The second-order valence-electron chi connectivity index (χ2n) is 8.20. The molecule has 0 amide bonds. The van der Waals surface area contributed by atoms with Crippen molar-refractivity contribution in [2.75, 3.05) is 6.79 Å². The Morgan fingerprint density at radius 2 is 1.80 bits per heavy atom. The Kier molecular flexibility index (Phi) is 4.59. The van der Waals surface area contributed by atoms with Crippen LogP contribution in [0.25, 0.3) is 11.1 Å². The molecule has 152 valence electrons. The lowest BCUT2D eigenvalue weighted by Gasteiger charge is -2.17. The third kappa shape index (κ3) is 3.17. The number of aliphatic hydroxyl groups is 1. The summed E-state index contributed by atoms with van der Waals surface area (Å²) in [6.07, 6.45) is 2.17. The van der Waals surface area contributed by atoms with E-state index in [1.807, 2.05) is 54.6 Å². The minimum absolute atomic E-state index is 0.0170. The SMILES string of the molecule is Cc1c(CC(=O)C2(c3ccc4c(c3)OCO4)CC2)cccc1-c1cccc(CO)c1. The predicted molar refractivity (Wildman–Crippen MR) is 115 cm³/mol. The van der Waals surface area contributed by atoms with Gasteiger partial charge in [0.1, 0.15) is 5.78 Å². The number of benzene rings is 3. The van der Waals surface area contributed by atoms with Crippen LogP contribution in [0.1, 0.15) is 35.1 Å². The fourth-order valence-electron chi connectivity index (χ4n) is 4.41. The van der Waals surface area contributed by atoms with Crippen molar-refractivity contribution < 1.29 is 19.4 Å². The van der Waals surface area contributed by atoms with Crippen LogP contribution >= 0.6 is 0 Å². The highest BCUT2D eigenvalue weighted by molar-refractivity contribution is 5.95. The van der Waals surface area contributed by atoms with E-state index in [1.54, 1.807) is 0 Å². The maximum absolute atomic E-state index is 13.4. The largest absolute Gasteiger partial charge is 0.454 e. The third-order valence-electron chi connectivity index (χ3n) is 6.43. The summed E-state index contributed by atoms with van der Waals surface area (Å²) in [6, 6.07) is 19.9. The normalized spacial score (nSPS) is 15.8. The maximum atomic E-state index is 13.4. The Balaban J connectivity index is 1.43. The molecule has 0 spiro atoms. The van der Waals surface area contributed by atoms with Crippen LogP contribution in [0, 0.1) is 6.92 Å². The first-order valence-corrected chi connectivity index (χ1v) is 10.3. The lowest BCUT2D eigenvalue weighted by Crippen LogP contribution is -2.23. The minimum atomic E-state index is -0.403. The quantitative estimate of drug-likeness (QED) is 0.650. The van der Waals surface area contributed by atoms with Crippen LogP contribution in [-0.2, 0) is 23.2 Å². The number of ether oxygens (including phenoxy) is 2. The molecule has 3 aromatic carbocycles. The molecule has 2 aliphatic rings. The lowest BCUT2D eigenvalue weighted by atomic mass is 9.85. The molecule has 0 saturated heterocycles. The molecule has 0 unspecified atom stereocenters. The van der Waals surface area contributed by atoms with Crippen LogP contribution in [-0.4, -0.2) is 17.7 Å². The number of carbonyl (C=O) groups excluding carboxylic acids is 1. The average molecular weight is 400 g/mol. The summed E-state index contributed by atoms with van der Waals surface area (Å²) in [5.41, 5.74) is 5.84. The predicted octanol–water partition coefficient (Wildman–Crippen LogP) is 4.73. The first-order chi connectivity index (χ1) is 14.6. The Morgan fingerprint density at radius 1 is 1.00 bits per heavy atom. The molecule has 1 N–H and O–H groups in total. The van der Waals surface area contributed by atoms with Crippen molar-refractivity contribution in [2.45, 2.75) is 38.2 Å². The van der Waals surface area contributed by atoms with Gasteiger partial charge >= 0.3 is 0 Å². The summed E-state index contributed by atoms with van der Waals surface area (Å²) < 4.78 is 10.9. The zero-order chi connectivity index (χ0) is 20.7. The molecule has 4 heteroatoms. The van der Waals surface area contributed by atoms with Gasteiger partial charge in [0.25, 0.3) is 0 Å². The lowest BCUT2D eigenvalue weighted by molar-refractivity contribution is -0.120. The van der Waals surface area contributed by atoms with Gasteiger partial charge in [0.15, 0.2) is 11.5 Å². The van der Waals surface area contributed by atoms with Gasteiger partial charge in [-0.2, -0.15) is 0 Å². The zero-order valence-corrected chi connectivity index (χ0v) is 17.0. The van der Waals surface area contributed by atoms with Gasteiger partial charge < -0.3 is 14.6 Å². The number of aliphatic hydroxyl groups excluding tert-OH is 1. The van der Waals surface area contributed by atoms with Crippen molar-refractivity contribution in [2.24, 2.45) is 0 Å². The average Bonchev–Trinajstić information content (AvgIpc) is 3.46. The standard InChI is InChI=1S/C26H24O4/c1-17-19(5-3-7-22(17)20-6-2-4-18(12-20)15-27)13-25(28)26(10-11-26)21-8-9-23-24(14-21)30-16-29-23/h2-9,12,14,27H,10-11,13,15-16H2,1H3. The number of rotatable bonds is 6. The fourth-order valence-corrected chi connectivity index (χ4v) is 4.41. The summed E-state index contributed by atoms with van der Waals surface area (Å²) in [5, 5.41) is 9.45. The van der Waals surface area contributed by atoms with Gasteiger partial charge in [-0.05, 0) is 71.3 Å². The van der Waals surface area contributed by atoms with E-state index in [2.05, 4.69) is 13.0 Å². The first-order valence-electron chi connectivity index (χ1n) is 10.3. The van der Waals surface area contributed by atoms with Crippen LogP contribution in [0.15, 0.2) is 60.7 Å². The molecule has 4 nitrogen and oxygen atoms in total. The highest BCUT2D eigenvalue weighted by Crippen LogP contribution is 2.51. The number of Topliss-reactive ketones (excluding diaryl/α,β-unsaturated/α-hetero) is 1. The van der Waals surface area contributed by atoms with E-state index >= 15 is 0 Å². The molecule has 0 aromatic heterocycles. The van der Waals surface area contributed by atoms with Gasteiger partial charge in [-0.15, -0.1) is 0 Å². The topological polar surface area (TPSA) is 55.8 Å². The maximum Gasteiger partial charge on any atom is 0.231 e. The van der Waals surface area contributed by atoms with Gasteiger partial charge in [-0.1, -0.05) is 42.5 Å². The van der Waals surface area contributed by atoms with Crippen LogP contribution in [0.3, 0.4) is 0 Å². The molecule has 0 atom stereocenters. The highest BCUT2D eigenvalue weighted by Gasteiger charge is 2.50. The first kappa shape index (κ1) is 18.9. The van der Waals surface area contributed by atoms with E-state index in [9.17, 15) is 9.90 Å². The van der Waals surface area contributed by atoms with Gasteiger partial charge in [0, 0.05) is 6.42 Å². The summed E-state index contributed by atoms with van der Waals surface area (Å²) in [6.45, 7) is 2.33. The van der Waals surface area contributed by atoms with Gasteiger partial charge in [0.05, 0.1) is 12.0 Å². The molecular weight excluding hydrogens is 376 g/mol. The van der Waals surface area contributed by atoms with E-state index in [0.29, 0.717) is 6.42 Å². The molecule has 0 radical (unpaired) electrons. The minimum Gasteiger partial charge on any atom is -0.454 e. The molecule has 5 rings (SSSR count). The molecule has 0 bridgehead atoms. The molecule has 30 heavy (non-hydrogen) atoms. The molecule has 3 aromatic rings. The summed E-state index contributed by atoms with van der Waals surface area (Å²) in [5.74, 6) is 1.73. The van der Waals surface area contributed by atoms with Crippen LogP contribution < -0.4 is 9.47 Å². The van der Waals surface area contributed by atoms with Crippen molar-refractivity contribution >= 4 is 5.78 Å². The Labute approximate surface area is 176 Å². The highest BCUT2D eigenvalue weighted by atomic mass is 16.7. The molecule has 1 aliphatic carbocycles. The van der Waals surface area contributed by atoms with Crippen molar-refractivity contribution in [3.05, 3.63) is 82.9 Å². The molecule has 1 heterocycles. The number of carbonyl (C=O) groups is 1. The number of hydrogen-bond acceptors (Lipinski definition) is 4. The van der Waals surface area contributed by atoms with E-state index in [1.165, 1.54) is 0 Å². The van der Waals surface area contributed by atoms with Crippen LogP contribution in [0.2, 0.25) is 0 Å². The number of hydrogen-bond donors (Lipinski definition) is 1. The second-order valence-corrected chi connectivity index (χ2v) is 8.20. The van der Waals surface area contributed by atoms with Crippen molar-refractivity contribution in [1.82, 2.24) is 0 Å². The van der Waals surface area contributed by atoms with E-state index in [-0.39, 0.29) is 19.2 Å². The smallest absolute Gasteiger partial charge is 0.231 e. The summed E-state index contributed by atoms with van der Waals surface area (Å²) in [4.78, 5) is 13.4. The molecule has 1 saturated carbocycles. The number of ketones is 1. The molecular formula is C26H24O4. The van der Waals surface area contributed by atoms with Crippen LogP contribution in [0.5, 0.6) is 11.5 Å². The fraction of sp³-hybridized carbons (Fsp3) is 0.269. The van der Waals surface area contributed by atoms with E-state index < -0.39 is 5.41 Å². The molecule has 1 aliphatic heterocycles. The van der Waals surface area contributed by atoms with Crippen LogP contribution in [0.4, 0.5) is 0 Å². The van der Waals surface area contributed by atoms with Gasteiger partial charge in [0.2, 0.25) is 6.79 Å². The van der Waals surface area contributed by atoms with E-state index in [4.69, 9.17) is 9.47 Å².